The van der Waals surface area contributed by atoms with Gasteiger partial charge in [0.05, 0.1) is 23.9 Å². The summed E-state index contributed by atoms with van der Waals surface area (Å²) in [6.07, 6.45) is 0.321. The van der Waals surface area contributed by atoms with Crippen LogP contribution in [0.3, 0.4) is 0 Å². The minimum absolute atomic E-state index is 0.00200. The quantitative estimate of drug-likeness (QED) is 0.581. The van der Waals surface area contributed by atoms with Crippen molar-refractivity contribution in [1.82, 2.24) is 15.2 Å². The van der Waals surface area contributed by atoms with Crippen molar-refractivity contribution < 1.29 is 32.6 Å². The lowest BCUT2D eigenvalue weighted by molar-refractivity contribution is -0.192. The van der Waals surface area contributed by atoms with Crippen LogP contribution < -0.4 is 5.32 Å². The SMILES string of the molecule is CCc1ccc(CN2CCOC3(CCCCC3NC(=O)c3scnc3C)C2)s1.O=C(O)C(F)(F)F. The van der Waals surface area contributed by atoms with E-state index in [4.69, 9.17) is 14.6 Å². The molecule has 2 aromatic rings. The zero-order chi connectivity index (χ0) is 25.6. The monoisotopic (exact) mass is 533 g/mol. The van der Waals surface area contributed by atoms with E-state index >= 15 is 0 Å². The van der Waals surface area contributed by atoms with E-state index in [0.717, 1.165) is 62.5 Å². The molecule has 3 heterocycles. The predicted octanol–water partition coefficient (Wildman–Crippen LogP) is 4.65. The Balaban J connectivity index is 0.000000429. The Bertz CT molecular complexity index is 1010. The fraction of sp³-hybridized carbons (Fsp3) is 0.609. The van der Waals surface area contributed by atoms with Crippen molar-refractivity contribution in [3.05, 3.63) is 38.0 Å². The number of aromatic nitrogens is 1. The first kappa shape index (κ1) is 27.6. The largest absolute Gasteiger partial charge is 0.490 e. The van der Waals surface area contributed by atoms with Gasteiger partial charge in [-0.1, -0.05) is 19.8 Å². The molecule has 2 aromatic heterocycles. The number of alkyl halides is 3. The van der Waals surface area contributed by atoms with Gasteiger partial charge in [-0.2, -0.15) is 13.2 Å². The van der Waals surface area contributed by atoms with Crippen molar-refractivity contribution in [2.45, 2.75) is 70.3 Å². The molecule has 2 fully saturated rings. The minimum atomic E-state index is -5.08. The Morgan fingerprint density at radius 2 is 2.03 bits per heavy atom. The van der Waals surface area contributed by atoms with Crippen LogP contribution >= 0.6 is 22.7 Å². The predicted molar refractivity (Wildman–Crippen MR) is 128 cm³/mol. The number of ether oxygens (including phenoxy) is 1. The number of thiophene rings is 1. The number of hydrogen-bond acceptors (Lipinski definition) is 7. The van der Waals surface area contributed by atoms with Gasteiger partial charge in [0, 0.05) is 29.4 Å². The number of hydrogen-bond donors (Lipinski definition) is 2. The lowest BCUT2D eigenvalue weighted by Crippen LogP contribution is -2.63. The van der Waals surface area contributed by atoms with E-state index in [2.05, 4.69) is 34.3 Å². The second-order valence-electron chi connectivity index (χ2n) is 8.69. The van der Waals surface area contributed by atoms with Gasteiger partial charge in [-0.05, 0) is 38.3 Å². The molecule has 12 heteroatoms. The molecule has 1 spiro atoms. The Hall–Kier alpha value is -2.02. The first-order chi connectivity index (χ1) is 16.5. The Kier molecular flexibility index (Phi) is 9.30. The average molecular weight is 534 g/mol. The van der Waals surface area contributed by atoms with Gasteiger partial charge >= 0.3 is 12.1 Å². The first-order valence-electron chi connectivity index (χ1n) is 11.5. The van der Waals surface area contributed by atoms with Crippen molar-refractivity contribution in [1.29, 1.82) is 0 Å². The zero-order valence-electron chi connectivity index (χ0n) is 19.7. The fourth-order valence-corrected chi connectivity index (χ4v) is 6.16. The Morgan fingerprint density at radius 3 is 2.63 bits per heavy atom. The number of amides is 1. The van der Waals surface area contributed by atoms with Crippen LogP contribution in [0.1, 0.15) is 57.7 Å². The summed E-state index contributed by atoms with van der Waals surface area (Å²) in [4.78, 5) is 32.0. The first-order valence-corrected chi connectivity index (χ1v) is 13.2. The summed E-state index contributed by atoms with van der Waals surface area (Å²) in [5, 5.41) is 10.4. The molecule has 1 saturated carbocycles. The molecular weight excluding hydrogens is 503 g/mol. The maximum absolute atomic E-state index is 12.8. The minimum Gasteiger partial charge on any atom is -0.475 e. The van der Waals surface area contributed by atoms with Crippen LogP contribution in [0.5, 0.6) is 0 Å². The number of nitrogens with zero attached hydrogens (tertiary/aromatic N) is 2. The normalized spacial score (nSPS) is 22.9. The van der Waals surface area contributed by atoms with Crippen LogP contribution in [-0.2, 0) is 22.5 Å². The standard InChI is InChI=1S/C21H29N3O2S2.C2HF3O2/c1-3-16-7-8-17(28-16)12-24-10-11-26-21(13-24)9-5-4-6-18(21)23-20(25)19-15(2)22-14-27-19;3-2(4,5)1(6)7/h7-8,14,18H,3-6,9-13H2,1-2H3,(H,23,25);(H,6,7). The second-order valence-corrected chi connectivity index (χ2v) is 10.8. The maximum Gasteiger partial charge on any atom is 0.490 e. The molecular formula is C23H30F3N3O4S2. The zero-order valence-corrected chi connectivity index (χ0v) is 21.3. The molecule has 0 bridgehead atoms. The highest BCUT2D eigenvalue weighted by molar-refractivity contribution is 7.12. The van der Waals surface area contributed by atoms with E-state index in [9.17, 15) is 18.0 Å². The van der Waals surface area contributed by atoms with Crippen molar-refractivity contribution in [2.24, 2.45) is 0 Å². The van der Waals surface area contributed by atoms with Crippen LogP contribution in [0, 0.1) is 6.92 Å². The molecule has 4 rings (SSSR count). The van der Waals surface area contributed by atoms with Gasteiger partial charge in [0.2, 0.25) is 0 Å². The number of aryl methyl sites for hydroxylation is 2. The smallest absolute Gasteiger partial charge is 0.475 e. The third-order valence-electron chi connectivity index (χ3n) is 6.21. The van der Waals surface area contributed by atoms with Gasteiger partial charge in [0.1, 0.15) is 10.5 Å². The van der Waals surface area contributed by atoms with Gasteiger partial charge in [-0.25, -0.2) is 9.78 Å². The van der Waals surface area contributed by atoms with Crippen LogP contribution in [-0.4, -0.2) is 64.4 Å². The second kappa shape index (κ2) is 11.8. The number of carboxylic acid groups (broad SMARTS) is 1. The maximum atomic E-state index is 12.8. The number of nitrogens with one attached hydrogen (secondary N) is 1. The summed E-state index contributed by atoms with van der Waals surface area (Å²) in [6.45, 7) is 7.66. The summed E-state index contributed by atoms with van der Waals surface area (Å²) < 4.78 is 38.1. The number of carboxylic acids is 1. The van der Waals surface area contributed by atoms with Crippen molar-refractivity contribution in [3.63, 3.8) is 0 Å². The van der Waals surface area contributed by atoms with Gasteiger partial charge in [-0.15, -0.1) is 22.7 Å². The molecule has 2 aliphatic rings. The molecule has 1 aliphatic heterocycles. The Labute approximate surface area is 210 Å². The van der Waals surface area contributed by atoms with E-state index < -0.39 is 12.1 Å². The summed E-state index contributed by atoms with van der Waals surface area (Å²) in [6, 6.07) is 4.57. The van der Waals surface area contributed by atoms with Gasteiger partial charge in [-0.3, -0.25) is 9.69 Å². The Morgan fingerprint density at radius 1 is 1.31 bits per heavy atom. The van der Waals surface area contributed by atoms with E-state index in [0.29, 0.717) is 0 Å². The third kappa shape index (κ3) is 7.25. The van der Waals surface area contributed by atoms with E-state index in [1.807, 2.05) is 18.3 Å². The lowest BCUT2D eigenvalue weighted by atomic mass is 9.78. The number of carbonyl (C=O) groups excluding carboxylic acids is 1. The molecule has 1 aliphatic carbocycles. The van der Waals surface area contributed by atoms with Crippen molar-refractivity contribution in [2.75, 3.05) is 19.7 Å². The summed E-state index contributed by atoms with van der Waals surface area (Å²) in [5.74, 6) is -2.76. The molecule has 35 heavy (non-hydrogen) atoms. The summed E-state index contributed by atoms with van der Waals surface area (Å²) in [7, 11) is 0. The molecule has 2 atom stereocenters. The molecule has 0 aromatic carbocycles. The van der Waals surface area contributed by atoms with Gasteiger partial charge in [0.25, 0.3) is 5.91 Å². The third-order valence-corrected chi connectivity index (χ3v) is 8.35. The van der Waals surface area contributed by atoms with Crippen LogP contribution in [0.4, 0.5) is 13.2 Å². The number of rotatable bonds is 5. The molecule has 1 saturated heterocycles. The summed E-state index contributed by atoms with van der Waals surface area (Å²) >= 11 is 3.33. The highest BCUT2D eigenvalue weighted by atomic mass is 32.1. The fourth-order valence-electron chi connectivity index (χ4n) is 4.45. The number of carbonyl (C=O) groups is 2. The number of halogens is 3. The van der Waals surface area contributed by atoms with E-state index in [1.165, 1.54) is 27.5 Å². The molecule has 2 unspecified atom stereocenters. The number of aliphatic carboxylic acids is 1. The van der Waals surface area contributed by atoms with E-state index in [-0.39, 0.29) is 17.6 Å². The van der Waals surface area contributed by atoms with Gasteiger partial charge < -0.3 is 15.2 Å². The lowest BCUT2D eigenvalue weighted by Gasteiger charge is -2.49. The topological polar surface area (TPSA) is 91.8 Å². The van der Waals surface area contributed by atoms with Crippen LogP contribution in [0.2, 0.25) is 0 Å². The number of thiazole rings is 1. The molecule has 1 amide bonds. The summed E-state index contributed by atoms with van der Waals surface area (Å²) in [5.41, 5.74) is 2.28. The van der Waals surface area contributed by atoms with Gasteiger partial charge in [0.15, 0.2) is 0 Å². The van der Waals surface area contributed by atoms with Crippen molar-refractivity contribution >= 4 is 34.6 Å². The molecule has 0 radical (unpaired) electrons. The van der Waals surface area contributed by atoms with Crippen molar-refractivity contribution in [3.8, 4) is 0 Å². The molecule has 194 valence electrons. The number of morpholine rings is 1. The average Bonchev–Trinajstić information content (AvgIpc) is 3.44. The van der Waals surface area contributed by atoms with E-state index in [1.54, 1.807) is 5.51 Å². The molecule has 2 N–H and O–H groups in total. The highest BCUT2D eigenvalue weighted by Gasteiger charge is 2.46. The van der Waals surface area contributed by atoms with Crippen LogP contribution in [0.25, 0.3) is 0 Å². The molecule has 7 nitrogen and oxygen atoms in total. The van der Waals surface area contributed by atoms with Crippen LogP contribution in [0.15, 0.2) is 17.6 Å². The highest BCUT2D eigenvalue weighted by Crippen LogP contribution is 2.36.